The lowest BCUT2D eigenvalue weighted by atomic mass is 9.98. The molecule has 1 rings (SSSR count). The van der Waals surface area contributed by atoms with Gasteiger partial charge in [0.1, 0.15) is 0 Å². The second kappa shape index (κ2) is 2.54. The lowest BCUT2D eigenvalue weighted by Crippen LogP contribution is -2.45. The summed E-state index contributed by atoms with van der Waals surface area (Å²) in [5.41, 5.74) is 0.383. The molecule has 1 heteroatoms. The van der Waals surface area contributed by atoms with E-state index < -0.39 is 0 Å². The number of hydrogen-bond acceptors (Lipinski definition) is 1. The molecule has 1 nitrogen and oxygen atoms in total. The highest BCUT2D eigenvalue weighted by atomic mass is 15.0. The van der Waals surface area contributed by atoms with E-state index in [1.807, 2.05) is 0 Å². The Balaban J connectivity index is 2.34. The summed E-state index contributed by atoms with van der Waals surface area (Å²) in [7, 11) is 0. The van der Waals surface area contributed by atoms with Crippen molar-refractivity contribution in [1.29, 1.82) is 0 Å². The molecule has 60 valence electrons. The quantitative estimate of drug-likeness (QED) is 0.635. The Kier molecular flexibility index (Phi) is 2.04. The van der Waals surface area contributed by atoms with E-state index in [0.29, 0.717) is 11.6 Å². The molecule has 10 heavy (non-hydrogen) atoms. The maximum absolute atomic E-state index is 3.58. The van der Waals surface area contributed by atoms with E-state index in [0.717, 1.165) is 5.92 Å². The first-order chi connectivity index (χ1) is 4.52. The highest BCUT2D eigenvalue weighted by Crippen LogP contribution is 2.39. The Morgan fingerprint density at radius 2 is 1.80 bits per heavy atom. The van der Waals surface area contributed by atoms with E-state index in [1.54, 1.807) is 0 Å². The molecule has 0 atom stereocenters. The molecule has 0 aromatic rings. The van der Waals surface area contributed by atoms with Crippen LogP contribution in [0.25, 0.3) is 0 Å². The van der Waals surface area contributed by atoms with Crippen LogP contribution in [0.15, 0.2) is 0 Å². The third kappa shape index (κ3) is 1.98. The van der Waals surface area contributed by atoms with Crippen molar-refractivity contribution < 1.29 is 0 Å². The third-order valence-electron chi connectivity index (χ3n) is 2.26. The summed E-state index contributed by atoms with van der Waals surface area (Å²) in [5.74, 6) is 0.940. The molecular weight excluding hydrogens is 122 g/mol. The predicted octanol–water partition coefficient (Wildman–Crippen LogP) is 2.17. The minimum absolute atomic E-state index is 0.383. The largest absolute Gasteiger partial charge is 0.309 e. The van der Waals surface area contributed by atoms with Crippen molar-refractivity contribution in [3.63, 3.8) is 0 Å². The zero-order chi connectivity index (χ0) is 7.78. The standard InChI is InChI=1S/C9H19N/c1-7(2)10-9(3,4)8-5-6-8/h7-8,10H,5-6H2,1-4H3. The molecule has 0 saturated heterocycles. The highest BCUT2D eigenvalue weighted by molar-refractivity contribution is 4.94. The Labute approximate surface area is 64.2 Å². The average molecular weight is 141 g/mol. The molecular formula is C9H19N. The molecule has 0 amide bonds. The molecule has 1 aliphatic rings. The fourth-order valence-electron chi connectivity index (χ4n) is 1.67. The molecule has 0 unspecified atom stereocenters. The van der Waals surface area contributed by atoms with Crippen LogP contribution < -0.4 is 5.32 Å². The summed E-state index contributed by atoms with van der Waals surface area (Å²) < 4.78 is 0. The molecule has 0 aromatic heterocycles. The number of nitrogens with one attached hydrogen (secondary N) is 1. The van der Waals surface area contributed by atoms with Gasteiger partial charge in [-0.1, -0.05) is 13.8 Å². The van der Waals surface area contributed by atoms with E-state index in [4.69, 9.17) is 0 Å². The van der Waals surface area contributed by atoms with Crippen molar-refractivity contribution >= 4 is 0 Å². The van der Waals surface area contributed by atoms with Gasteiger partial charge in [0.2, 0.25) is 0 Å². The van der Waals surface area contributed by atoms with Crippen molar-refractivity contribution in [2.24, 2.45) is 5.92 Å². The molecule has 0 aliphatic heterocycles. The molecule has 1 N–H and O–H groups in total. The SMILES string of the molecule is CC(C)NC(C)(C)C1CC1. The van der Waals surface area contributed by atoms with Crippen molar-refractivity contribution in [3.05, 3.63) is 0 Å². The van der Waals surface area contributed by atoms with Crippen molar-refractivity contribution in [1.82, 2.24) is 5.32 Å². The molecule has 1 aliphatic carbocycles. The van der Waals surface area contributed by atoms with Gasteiger partial charge in [-0.05, 0) is 32.6 Å². The summed E-state index contributed by atoms with van der Waals surface area (Å²) in [4.78, 5) is 0. The van der Waals surface area contributed by atoms with Gasteiger partial charge in [0.15, 0.2) is 0 Å². The van der Waals surface area contributed by atoms with Gasteiger partial charge in [-0.25, -0.2) is 0 Å². The van der Waals surface area contributed by atoms with Crippen molar-refractivity contribution in [3.8, 4) is 0 Å². The first-order valence-corrected chi connectivity index (χ1v) is 4.30. The predicted molar refractivity (Wildman–Crippen MR) is 45.1 cm³/mol. The topological polar surface area (TPSA) is 12.0 Å². The van der Waals surface area contributed by atoms with Crippen LogP contribution in [0.1, 0.15) is 40.5 Å². The summed E-state index contributed by atoms with van der Waals surface area (Å²) in [6.45, 7) is 9.05. The maximum atomic E-state index is 3.58. The third-order valence-corrected chi connectivity index (χ3v) is 2.26. The fraction of sp³-hybridized carbons (Fsp3) is 1.00. The minimum atomic E-state index is 0.383. The highest BCUT2D eigenvalue weighted by Gasteiger charge is 2.37. The Morgan fingerprint density at radius 3 is 2.10 bits per heavy atom. The Hall–Kier alpha value is -0.0400. The van der Waals surface area contributed by atoms with Crippen LogP contribution in [-0.4, -0.2) is 11.6 Å². The van der Waals surface area contributed by atoms with Crippen LogP contribution >= 0.6 is 0 Å². The van der Waals surface area contributed by atoms with E-state index in [9.17, 15) is 0 Å². The van der Waals surface area contributed by atoms with Gasteiger partial charge >= 0.3 is 0 Å². The minimum Gasteiger partial charge on any atom is -0.309 e. The molecule has 0 radical (unpaired) electrons. The molecule has 0 heterocycles. The fourth-order valence-corrected chi connectivity index (χ4v) is 1.67. The first-order valence-electron chi connectivity index (χ1n) is 4.30. The average Bonchev–Trinajstić information content (AvgIpc) is 2.35. The smallest absolute Gasteiger partial charge is 0.0155 e. The van der Waals surface area contributed by atoms with Crippen molar-refractivity contribution in [2.75, 3.05) is 0 Å². The van der Waals surface area contributed by atoms with Crippen LogP contribution in [0, 0.1) is 5.92 Å². The first kappa shape index (κ1) is 8.06. The summed E-state index contributed by atoms with van der Waals surface area (Å²) in [6, 6.07) is 0.621. The zero-order valence-corrected chi connectivity index (χ0v) is 7.57. The summed E-state index contributed by atoms with van der Waals surface area (Å²) in [5, 5.41) is 3.58. The summed E-state index contributed by atoms with van der Waals surface area (Å²) in [6.07, 6.45) is 2.85. The normalized spacial score (nSPS) is 20.1. The lowest BCUT2D eigenvalue weighted by Gasteiger charge is -2.28. The lowest BCUT2D eigenvalue weighted by molar-refractivity contribution is 0.314. The monoisotopic (exact) mass is 141 g/mol. The van der Waals surface area contributed by atoms with Gasteiger partial charge in [-0.15, -0.1) is 0 Å². The van der Waals surface area contributed by atoms with Crippen molar-refractivity contribution in [2.45, 2.75) is 52.1 Å². The van der Waals surface area contributed by atoms with Crippen LogP contribution in [0.2, 0.25) is 0 Å². The second-order valence-electron chi connectivity index (χ2n) is 4.29. The second-order valence-corrected chi connectivity index (χ2v) is 4.29. The van der Waals surface area contributed by atoms with E-state index in [1.165, 1.54) is 12.8 Å². The number of hydrogen-bond donors (Lipinski definition) is 1. The van der Waals surface area contributed by atoms with Gasteiger partial charge in [-0.3, -0.25) is 0 Å². The van der Waals surface area contributed by atoms with Gasteiger partial charge in [0, 0.05) is 11.6 Å². The van der Waals surface area contributed by atoms with Gasteiger partial charge in [0.05, 0.1) is 0 Å². The van der Waals surface area contributed by atoms with E-state index >= 15 is 0 Å². The van der Waals surface area contributed by atoms with Crippen LogP contribution in [0.4, 0.5) is 0 Å². The molecule has 0 bridgehead atoms. The van der Waals surface area contributed by atoms with E-state index in [-0.39, 0.29) is 0 Å². The van der Waals surface area contributed by atoms with Gasteiger partial charge < -0.3 is 5.32 Å². The van der Waals surface area contributed by atoms with Gasteiger partial charge in [-0.2, -0.15) is 0 Å². The van der Waals surface area contributed by atoms with Gasteiger partial charge in [0.25, 0.3) is 0 Å². The summed E-state index contributed by atoms with van der Waals surface area (Å²) >= 11 is 0. The molecule has 0 aromatic carbocycles. The maximum Gasteiger partial charge on any atom is 0.0155 e. The van der Waals surface area contributed by atoms with Crippen LogP contribution in [-0.2, 0) is 0 Å². The number of rotatable bonds is 3. The Morgan fingerprint density at radius 1 is 1.30 bits per heavy atom. The molecule has 1 fully saturated rings. The Bertz CT molecular complexity index is 112. The van der Waals surface area contributed by atoms with E-state index in [2.05, 4.69) is 33.0 Å². The van der Waals surface area contributed by atoms with Crippen LogP contribution in [0.5, 0.6) is 0 Å². The molecule has 0 spiro atoms. The molecule has 1 saturated carbocycles. The van der Waals surface area contributed by atoms with Crippen LogP contribution in [0.3, 0.4) is 0 Å². The zero-order valence-electron chi connectivity index (χ0n) is 7.57.